The molecule has 0 aliphatic rings. The SMILES string of the molecule is O=C(O)CC(NC(=O)c1ccc(F)cc1)c1ccc(F)cc1. The molecule has 0 aliphatic carbocycles. The molecule has 0 bridgehead atoms. The minimum absolute atomic E-state index is 0.207. The number of carboxylic acid groups (broad SMARTS) is 1. The molecule has 1 atom stereocenters. The van der Waals surface area contributed by atoms with Crippen molar-refractivity contribution >= 4 is 11.9 Å². The molecule has 0 saturated carbocycles. The molecule has 0 aliphatic heterocycles. The van der Waals surface area contributed by atoms with E-state index in [0.29, 0.717) is 5.56 Å². The summed E-state index contributed by atoms with van der Waals surface area (Å²) < 4.78 is 25.8. The molecule has 0 aromatic heterocycles. The van der Waals surface area contributed by atoms with Crippen LogP contribution in [0.25, 0.3) is 0 Å². The van der Waals surface area contributed by atoms with Gasteiger partial charge in [0.05, 0.1) is 12.5 Å². The second-order valence-electron chi connectivity index (χ2n) is 4.68. The van der Waals surface area contributed by atoms with Crippen molar-refractivity contribution in [2.45, 2.75) is 12.5 Å². The topological polar surface area (TPSA) is 66.4 Å². The molecule has 0 heterocycles. The number of carboxylic acids is 1. The van der Waals surface area contributed by atoms with E-state index in [1.54, 1.807) is 0 Å². The number of benzene rings is 2. The molecule has 22 heavy (non-hydrogen) atoms. The third-order valence-electron chi connectivity index (χ3n) is 3.06. The lowest BCUT2D eigenvalue weighted by atomic mass is 10.0. The Bertz CT molecular complexity index is 669. The van der Waals surface area contributed by atoms with Crippen molar-refractivity contribution < 1.29 is 23.5 Å². The van der Waals surface area contributed by atoms with Crippen molar-refractivity contribution in [3.05, 3.63) is 71.3 Å². The minimum Gasteiger partial charge on any atom is -0.481 e. The van der Waals surface area contributed by atoms with E-state index < -0.39 is 29.6 Å². The Morgan fingerprint density at radius 1 is 0.955 bits per heavy atom. The van der Waals surface area contributed by atoms with Gasteiger partial charge in [-0.1, -0.05) is 12.1 Å². The zero-order valence-corrected chi connectivity index (χ0v) is 11.4. The molecule has 1 unspecified atom stereocenters. The molecule has 2 N–H and O–H groups in total. The third-order valence-corrected chi connectivity index (χ3v) is 3.06. The maximum atomic E-state index is 12.9. The van der Waals surface area contributed by atoms with E-state index in [9.17, 15) is 18.4 Å². The first-order chi connectivity index (χ1) is 10.5. The molecule has 6 heteroatoms. The lowest BCUT2D eigenvalue weighted by Gasteiger charge is -2.17. The number of aliphatic carboxylic acids is 1. The summed E-state index contributed by atoms with van der Waals surface area (Å²) in [5.41, 5.74) is 0.679. The molecule has 0 radical (unpaired) electrons. The lowest BCUT2D eigenvalue weighted by Crippen LogP contribution is -2.30. The molecule has 2 rings (SSSR count). The molecule has 4 nitrogen and oxygen atoms in total. The van der Waals surface area contributed by atoms with Crippen molar-refractivity contribution in [3.8, 4) is 0 Å². The Balaban J connectivity index is 2.19. The predicted molar refractivity (Wildman–Crippen MR) is 75.3 cm³/mol. The van der Waals surface area contributed by atoms with Crippen LogP contribution in [0.4, 0.5) is 8.78 Å². The van der Waals surface area contributed by atoms with E-state index >= 15 is 0 Å². The van der Waals surface area contributed by atoms with Crippen LogP contribution in [0.5, 0.6) is 0 Å². The largest absolute Gasteiger partial charge is 0.481 e. The summed E-state index contributed by atoms with van der Waals surface area (Å²) in [4.78, 5) is 23.0. The lowest BCUT2D eigenvalue weighted by molar-refractivity contribution is -0.137. The number of carbonyl (C=O) groups is 2. The second kappa shape index (κ2) is 6.80. The van der Waals surface area contributed by atoms with E-state index in [4.69, 9.17) is 5.11 Å². The fraction of sp³-hybridized carbons (Fsp3) is 0.125. The number of hydrogen-bond donors (Lipinski definition) is 2. The highest BCUT2D eigenvalue weighted by molar-refractivity contribution is 5.94. The van der Waals surface area contributed by atoms with Gasteiger partial charge in [0, 0.05) is 5.56 Å². The van der Waals surface area contributed by atoms with Crippen LogP contribution in [0.15, 0.2) is 48.5 Å². The number of hydrogen-bond acceptors (Lipinski definition) is 2. The number of carbonyl (C=O) groups excluding carboxylic acids is 1. The molecule has 114 valence electrons. The third kappa shape index (κ3) is 4.12. The van der Waals surface area contributed by atoms with E-state index in [1.165, 1.54) is 36.4 Å². The monoisotopic (exact) mass is 305 g/mol. The Kier molecular flexibility index (Phi) is 4.83. The Hall–Kier alpha value is -2.76. The van der Waals surface area contributed by atoms with Gasteiger partial charge in [0.1, 0.15) is 11.6 Å². The molecule has 0 fully saturated rings. The summed E-state index contributed by atoms with van der Waals surface area (Å²) in [6.07, 6.45) is -0.349. The van der Waals surface area contributed by atoms with Crippen LogP contribution in [-0.2, 0) is 4.79 Å². The maximum absolute atomic E-state index is 12.9. The first-order valence-electron chi connectivity index (χ1n) is 6.49. The van der Waals surface area contributed by atoms with Crippen molar-refractivity contribution in [3.63, 3.8) is 0 Å². The summed E-state index contributed by atoms with van der Waals surface area (Å²) >= 11 is 0. The summed E-state index contributed by atoms with van der Waals surface area (Å²) in [6, 6.07) is 9.26. The van der Waals surface area contributed by atoms with E-state index in [1.807, 2.05) is 0 Å². The maximum Gasteiger partial charge on any atom is 0.305 e. The summed E-state index contributed by atoms with van der Waals surface area (Å²) in [6.45, 7) is 0. The van der Waals surface area contributed by atoms with Gasteiger partial charge in [-0.05, 0) is 42.0 Å². The number of nitrogens with one attached hydrogen (secondary N) is 1. The van der Waals surface area contributed by atoms with Crippen molar-refractivity contribution in [1.29, 1.82) is 0 Å². The van der Waals surface area contributed by atoms with Gasteiger partial charge >= 0.3 is 5.97 Å². The van der Waals surface area contributed by atoms with E-state index in [2.05, 4.69) is 5.32 Å². The molecular weight excluding hydrogens is 292 g/mol. The summed E-state index contributed by atoms with van der Waals surface area (Å²) in [5.74, 6) is -2.57. The van der Waals surface area contributed by atoms with E-state index in [0.717, 1.165) is 12.1 Å². The molecule has 2 aromatic carbocycles. The van der Waals surface area contributed by atoms with Gasteiger partial charge in [0.2, 0.25) is 0 Å². The zero-order chi connectivity index (χ0) is 16.1. The van der Waals surface area contributed by atoms with Crippen molar-refractivity contribution in [1.82, 2.24) is 5.32 Å². The molecule has 1 amide bonds. The second-order valence-corrected chi connectivity index (χ2v) is 4.68. The van der Waals surface area contributed by atoms with Crippen LogP contribution in [0.1, 0.15) is 28.4 Å². The van der Waals surface area contributed by atoms with Crippen molar-refractivity contribution in [2.75, 3.05) is 0 Å². The Morgan fingerprint density at radius 3 is 1.95 bits per heavy atom. The van der Waals surface area contributed by atoms with Gasteiger partial charge in [-0.2, -0.15) is 0 Å². The van der Waals surface area contributed by atoms with Crippen LogP contribution >= 0.6 is 0 Å². The minimum atomic E-state index is -1.10. The van der Waals surface area contributed by atoms with Crippen molar-refractivity contribution in [2.24, 2.45) is 0 Å². The zero-order valence-electron chi connectivity index (χ0n) is 11.4. The van der Waals surface area contributed by atoms with Crippen LogP contribution in [-0.4, -0.2) is 17.0 Å². The number of halogens is 2. The van der Waals surface area contributed by atoms with Crippen LogP contribution < -0.4 is 5.32 Å². The van der Waals surface area contributed by atoms with Gasteiger partial charge in [-0.25, -0.2) is 8.78 Å². The molecule has 2 aromatic rings. The first-order valence-corrected chi connectivity index (χ1v) is 6.49. The quantitative estimate of drug-likeness (QED) is 0.892. The van der Waals surface area contributed by atoms with Gasteiger partial charge < -0.3 is 10.4 Å². The predicted octanol–water partition coefficient (Wildman–Crippen LogP) is 2.91. The smallest absolute Gasteiger partial charge is 0.305 e. The van der Waals surface area contributed by atoms with Crippen LogP contribution in [0.3, 0.4) is 0 Å². The summed E-state index contributed by atoms with van der Waals surface area (Å²) in [5, 5.41) is 11.5. The van der Waals surface area contributed by atoms with E-state index in [-0.39, 0.29) is 12.0 Å². The fourth-order valence-electron chi connectivity index (χ4n) is 1.96. The Morgan fingerprint density at radius 2 is 1.45 bits per heavy atom. The average Bonchev–Trinajstić information content (AvgIpc) is 2.47. The molecule has 0 spiro atoms. The highest BCUT2D eigenvalue weighted by Crippen LogP contribution is 2.18. The van der Waals surface area contributed by atoms with Crippen LogP contribution in [0, 0.1) is 11.6 Å². The summed E-state index contributed by atoms with van der Waals surface area (Å²) in [7, 11) is 0. The van der Waals surface area contributed by atoms with Gasteiger partial charge in [-0.3, -0.25) is 9.59 Å². The first kappa shape index (κ1) is 15.6. The number of rotatable bonds is 5. The fourth-order valence-corrected chi connectivity index (χ4v) is 1.96. The standard InChI is InChI=1S/C16H13F2NO3/c17-12-5-1-10(2-6-12)14(9-15(20)21)19-16(22)11-3-7-13(18)8-4-11/h1-8,14H,9H2,(H,19,22)(H,20,21). The van der Waals surface area contributed by atoms with Crippen LogP contribution in [0.2, 0.25) is 0 Å². The average molecular weight is 305 g/mol. The normalized spacial score (nSPS) is 11.7. The highest BCUT2D eigenvalue weighted by Gasteiger charge is 2.19. The molecular formula is C16H13F2NO3. The molecule has 0 saturated heterocycles. The highest BCUT2D eigenvalue weighted by atomic mass is 19.1. The Labute approximate surface area is 125 Å². The van der Waals surface area contributed by atoms with Gasteiger partial charge in [0.15, 0.2) is 0 Å². The van der Waals surface area contributed by atoms with Gasteiger partial charge in [-0.15, -0.1) is 0 Å². The number of amides is 1. The van der Waals surface area contributed by atoms with Gasteiger partial charge in [0.25, 0.3) is 5.91 Å².